The third-order valence-corrected chi connectivity index (χ3v) is 4.19. The van der Waals surface area contributed by atoms with Gasteiger partial charge in [0.15, 0.2) is 0 Å². The third kappa shape index (κ3) is 4.69. The molecule has 1 aliphatic heterocycles. The Morgan fingerprint density at radius 3 is 2.70 bits per heavy atom. The molecule has 1 aliphatic rings. The number of hydrogen-bond acceptors (Lipinski definition) is 4. The number of nitrogens with zero attached hydrogens (tertiary/aromatic N) is 1. The molecule has 1 fully saturated rings. The molecule has 1 saturated heterocycles. The van der Waals surface area contributed by atoms with Gasteiger partial charge >= 0.3 is 0 Å². The molecule has 23 heavy (non-hydrogen) atoms. The molecular formula is C17H25N3O3. The largest absolute Gasteiger partial charge is 0.497 e. The number of likely N-dealkylation sites (N-methyl/N-ethyl adjacent to an activating group) is 1. The molecule has 6 nitrogen and oxygen atoms in total. The molecule has 0 bridgehead atoms. The van der Waals surface area contributed by atoms with E-state index in [0.29, 0.717) is 19.6 Å². The van der Waals surface area contributed by atoms with Crippen LogP contribution >= 0.6 is 0 Å². The first-order valence-corrected chi connectivity index (χ1v) is 7.89. The zero-order chi connectivity index (χ0) is 16.8. The average Bonchev–Trinajstić information content (AvgIpc) is 2.93. The second-order valence-corrected chi connectivity index (χ2v) is 5.96. The van der Waals surface area contributed by atoms with Gasteiger partial charge in [-0.3, -0.25) is 9.59 Å². The lowest BCUT2D eigenvalue weighted by Crippen LogP contribution is -2.40. The number of amides is 2. The standard InChI is InChI=1S/C17H25N3O3/c1-12(18-2)9-19-17(22)14-8-16(21)20(11-14)10-13-4-6-15(23-3)7-5-13/h4-7,12,14,18H,8-11H2,1-3H3,(H,19,22). The zero-order valence-corrected chi connectivity index (χ0v) is 14.0. The maximum Gasteiger partial charge on any atom is 0.225 e. The zero-order valence-electron chi connectivity index (χ0n) is 14.0. The van der Waals surface area contributed by atoms with Gasteiger partial charge in [0.2, 0.25) is 11.8 Å². The molecule has 2 rings (SSSR count). The molecule has 0 radical (unpaired) electrons. The summed E-state index contributed by atoms with van der Waals surface area (Å²) in [6, 6.07) is 7.84. The van der Waals surface area contributed by atoms with Crippen LogP contribution in [0.2, 0.25) is 0 Å². The van der Waals surface area contributed by atoms with Gasteiger partial charge in [0.05, 0.1) is 13.0 Å². The molecule has 1 heterocycles. The van der Waals surface area contributed by atoms with Crippen LogP contribution in [0.3, 0.4) is 0 Å². The van der Waals surface area contributed by atoms with Crippen LogP contribution in [0.5, 0.6) is 5.75 Å². The number of methoxy groups -OCH3 is 1. The number of carbonyl (C=O) groups is 2. The third-order valence-electron chi connectivity index (χ3n) is 4.19. The highest BCUT2D eigenvalue weighted by Crippen LogP contribution is 2.21. The molecule has 6 heteroatoms. The smallest absolute Gasteiger partial charge is 0.225 e. The minimum atomic E-state index is -0.259. The van der Waals surface area contributed by atoms with Crippen LogP contribution in [0.4, 0.5) is 0 Å². The van der Waals surface area contributed by atoms with Crippen LogP contribution in [0.1, 0.15) is 18.9 Å². The van der Waals surface area contributed by atoms with Crippen LogP contribution in [0.15, 0.2) is 24.3 Å². The first-order chi connectivity index (χ1) is 11.0. The predicted octanol–water partition coefficient (Wildman–Crippen LogP) is 0.768. The lowest BCUT2D eigenvalue weighted by molar-refractivity contribution is -0.129. The molecule has 0 aliphatic carbocycles. The Kier molecular flexibility index (Phi) is 5.98. The van der Waals surface area contributed by atoms with E-state index in [0.717, 1.165) is 11.3 Å². The van der Waals surface area contributed by atoms with Gasteiger partial charge in [-0.1, -0.05) is 12.1 Å². The van der Waals surface area contributed by atoms with E-state index in [1.807, 2.05) is 38.2 Å². The van der Waals surface area contributed by atoms with Gasteiger partial charge in [0, 0.05) is 32.1 Å². The van der Waals surface area contributed by atoms with E-state index < -0.39 is 0 Å². The Morgan fingerprint density at radius 1 is 1.39 bits per heavy atom. The maximum atomic E-state index is 12.2. The lowest BCUT2D eigenvalue weighted by atomic mass is 10.1. The summed E-state index contributed by atoms with van der Waals surface area (Å²) in [5.74, 6) is 0.516. The van der Waals surface area contributed by atoms with Gasteiger partial charge in [-0.25, -0.2) is 0 Å². The number of likely N-dealkylation sites (tertiary alicyclic amines) is 1. The van der Waals surface area contributed by atoms with E-state index in [-0.39, 0.29) is 30.2 Å². The van der Waals surface area contributed by atoms with Crippen molar-refractivity contribution in [3.05, 3.63) is 29.8 Å². The van der Waals surface area contributed by atoms with Gasteiger partial charge in [-0.05, 0) is 31.7 Å². The second kappa shape index (κ2) is 7.97. The van der Waals surface area contributed by atoms with Crippen LogP contribution < -0.4 is 15.4 Å². The quantitative estimate of drug-likeness (QED) is 0.779. The highest BCUT2D eigenvalue weighted by Gasteiger charge is 2.34. The highest BCUT2D eigenvalue weighted by molar-refractivity contribution is 5.89. The molecule has 1 aromatic carbocycles. The Bertz CT molecular complexity index is 545. The molecule has 126 valence electrons. The minimum absolute atomic E-state index is 0.0302. The fourth-order valence-electron chi connectivity index (χ4n) is 2.55. The van der Waals surface area contributed by atoms with Crippen LogP contribution in [-0.4, -0.2) is 50.0 Å². The van der Waals surface area contributed by atoms with Crippen molar-refractivity contribution in [3.63, 3.8) is 0 Å². The maximum absolute atomic E-state index is 12.2. The van der Waals surface area contributed by atoms with Crippen molar-refractivity contribution in [1.82, 2.24) is 15.5 Å². The van der Waals surface area contributed by atoms with Crippen molar-refractivity contribution in [2.75, 3.05) is 27.2 Å². The summed E-state index contributed by atoms with van der Waals surface area (Å²) >= 11 is 0. The van der Waals surface area contributed by atoms with E-state index in [1.54, 1.807) is 12.0 Å². The SMILES string of the molecule is CNC(C)CNC(=O)C1CC(=O)N(Cc2ccc(OC)cc2)C1. The average molecular weight is 319 g/mol. The Balaban J connectivity index is 1.87. The van der Waals surface area contributed by atoms with Crippen molar-refractivity contribution in [3.8, 4) is 5.75 Å². The number of benzene rings is 1. The van der Waals surface area contributed by atoms with Gasteiger partial charge < -0.3 is 20.3 Å². The first kappa shape index (κ1) is 17.3. The summed E-state index contributed by atoms with van der Waals surface area (Å²) in [6.45, 7) is 3.57. The molecule has 1 aromatic rings. The van der Waals surface area contributed by atoms with Crippen molar-refractivity contribution in [2.24, 2.45) is 5.92 Å². The van der Waals surface area contributed by atoms with E-state index in [9.17, 15) is 9.59 Å². The van der Waals surface area contributed by atoms with Crippen molar-refractivity contribution >= 4 is 11.8 Å². The fraction of sp³-hybridized carbons (Fsp3) is 0.529. The topological polar surface area (TPSA) is 70.7 Å². The number of carbonyl (C=O) groups excluding carboxylic acids is 2. The van der Waals surface area contributed by atoms with Crippen LogP contribution in [-0.2, 0) is 16.1 Å². The van der Waals surface area contributed by atoms with Crippen molar-refractivity contribution < 1.29 is 14.3 Å². The summed E-state index contributed by atoms with van der Waals surface area (Å²) in [6.07, 6.45) is 0.288. The number of hydrogen-bond donors (Lipinski definition) is 2. The molecule has 0 saturated carbocycles. The predicted molar refractivity (Wildman–Crippen MR) is 88.0 cm³/mol. The Hall–Kier alpha value is -2.08. The van der Waals surface area contributed by atoms with Gasteiger partial charge in [0.25, 0.3) is 0 Å². The van der Waals surface area contributed by atoms with Crippen LogP contribution in [0.25, 0.3) is 0 Å². The number of ether oxygens (including phenoxy) is 1. The van der Waals surface area contributed by atoms with Crippen molar-refractivity contribution in [1.29, 1.82) is 0 Å². The summed E-state index contributed by atoms with van der Waals surface area (Å²) in [4.78, 5) is 26.0. The molecule has 2 atom stereocenters. The normalized spacial score (nSPS) is 18.8. The van der Waals surface area contributed by atoms with Crippen molar-refractivity contribution in [2.45, 2.75) is 25.9 Å². The molecule has 0 aromatic heterocycles. The molecule has 2 N–H and O–H groups in total. The first-order valence-electron chi connectivity index (χ1n) is 7.89. The number of rotatable bonds is 7. The summed E-state index contributed by atoms with van der Waals surface area (Å²) in [5, 5.41) is 5.97. The molecule has 2 amide bonds. The van der Waals surface area contributed by atoms with Gasteiger partial charge in [0.1, 0.15) is 5.75 Å². The van der Waals surface area contributed by atoms with Gasteiger partial charge in [-0.2, -0.15) is 0 Å². The minimum Gasteiger partial charge on any atom is -0.497 e. The van der Waals surface area contributed by atoms with E-state index in [1.165, 1.54) is 0 Å². The van der Waals surface area contributed by atoms with Gasteiger partial charge in [-0.15, -0.1) is 0 Å². The Morgan fingerprint density at radius 2 is 2.09 bits per heavy atom. The van der Waals surface area contributed by atoms with Crippen LogP contribution in [0, 0.1) is 5.92 Å². The molecule has 0 spiro atoms. The summed E-state index contributed by atoms with van der Waals surface area (Å²) < 4.78 is 5.13. The molecular weight excluding hydrogens is 294 g/mol. The monoisotopic (exact) mass is 319 g/mol. The summed E-state index contributed by atoms with van der Waals surface area (Å²) in [7, 11) is 3.48. The number of nitrogens with one attached hydrogen (secondary N) is 2. The fourth-order valence-corrected chi connectivity index (χ4v) is 2.55. The van der Waals surface area contributed by atoms with E-state index >= 15 is 0 Å². The second-order valence-electron chi connectivity index (χ2n) is 5.96. The van der Waals surface area contributed by atoms with E-state index in [4.69, 9.17) is 4.74 Å². The summed E-state index contributed by atoms with van der Waals surface area (Å²) in [5.41, 5.74) is 1.03. The van der Waals surface area contributed by atoms with E-state index in [2.05, 4.69) is 10.6 Å². The lowest BCUT2D eigenvalue weighted by Gasteiger charge is -2.17. The molecule has 2 unspecified atom stereocenters. The Labute approximate surface area is 137 Å². The highest BCUT2D eigenvalue weighted by atomic mass is 16.5.